The molecule has 2 rings (SSSR count). The van der Waals surface area contributed by atoms with Crippen LogP contribution in [0.2, 0.25) is 0 Å². The minimum absolute atomic E-state index is 0.158. The topological polar surface area (TPSA) is 67.4 Å². The largest absolute Gasteiger partial charge is 0.484 e. The normalized spacial score (nSPS) is 10.1. The van der Waals surface area contributed by atoms with E-state index in [-0.39, 0.29) is 18.3 Å². The van der Waals surface area contributed by atoms with Crippen LogP contribution in [0.5, 0.6) is 5.75 Å². The van der Waals surface area contributed by atoms with Crippen LogP contribution in [0.15, 0.2) is 53.4 Å². The first-order valence-electron chi connectivity index (χ1n) is 7.49. The van der Waals surface area contributed by atoms with Gasteiger partial charge in [0.1, 0.15) is 5.75 Å². The highest BCUT2D eigenvalue weighted by Gasteiger charge is 2.06. The second-order valence-electron chi connectivity index (χ2n) is 5.30. The Morgan fingerprint density at radius 3 is 2.04 bits per heavy atom. The molecule has 0 fully saturated rings. The number of aryl methyl sites for hydroxylation is 2. The van der Waals surface area contributed by atoms with Crippen molar-refractivity contribution in [1.29, 1.82) is 0 Å². The smallest absolute Gasteiger partial charge is 0.276 e. The standard InChI is InChI=1S/C18H20N2O3S/c1-13-3-7-15(8-4-13)23-11-17(21)19-20-18(22)12-24-16-9-5-14(2)6-10-16/h3-10H,11-12H2,1-2H3,(H,19,21)(H,20,22). The van der Waals surface area contributed by atoms with Crippen LogP contribution >= 0.6 is 11.8 Å². The summed E-state index contributed by atoms with van der Waals surface area (Å²) in [6, 6.07) is 15.3. The van der Waals surface area contributed by atoms with E-state index in [2.05, 4.69) is 10.9 Å². The van der Waals surface area contributed by atoms with Gasteiger partial charge in [0.05, 0.1) is 5.75 Å². The molecular weight excluding hydrogens is 324 g/mol. The molecule has 6 heteroatoms. The molecule has 2 aromatic rings. The third-order valence-corrected chi connectivity index (χ3v) is 4.14. The van der Waals surface area contributed by atoms with Crippen molar-refractivity contribution in [3.8, 4) is 5.75 Å². The predicted octanol–water partition coefficient (Wildman–Crippen LogP) is 2.62. The van der Waals surface area contributed by atoms with Crippen molar-refractivity contribution in [3.05, 3.63) is 59.7 Å². The average molecular weight is 344 g/mol. The van der Waals surface area contributed by atoms with Crippen LogP contribution in [0, 0.1) is 13.8 Å². The van der Waals surface area contributed by atoms with Gasteiger partial charge in [-0.25, -0.2) is 0 Å². The zero-order valence-electron chi connectivity index (χ0n) is 13.7. The fourth-order valence-corrected chi connectivity index (χ4v) is 2.48. The van der Waals surface area contributed by atoms with Gasteiger partial charge in [0.2, 0.25) is 5.91 Å². The maximum absolute atomic E-state index is 11.7. The SMILES string of the molecule is Cc1ccc(OCC(=O)NNC(=O)CSc2ccc(C)cc2)cc1. The first-order chi connectivity index (χ1) is 11.5. The van der Waals surface area contributed by atoms with Crippen LogP contribution < -0.4 is 15.6 Å². The van der Waals surface area contributed by atoms with Crippen molar-refractivity contribution in [2.45, 2.75) is 18.7 Å². The summed E-state index contributed by atoms with van der Waals surface area (Å²) in [4.78, 5) is 24.4. The Balaban J connectivity index is 1.64. The van der Waals surface area contributed by atoms with Crippen LogP contribution in [-0.2, 0) is 9.59 Å². The number of benzene rings is 2. The highest BCUT2D eigenvalue weighted by molar-refractivity contribution is 8.00. The van der Waals surface area contributed by atoms with Gasteiger partial charge in [-0.1, -0.05) is 35.4 Å². The van der Waals surface area contributed by atoms with Crippen LogP contribution in [-0.4, -0.2) is 24.2 Å². The fourth-order valence-electron chi connectivity index (χ4n) is 1.78. The van der Waals surface area contributed by atoms with E-state index in [0.29, 0.717) is 5.75 Å². The fraction of sp³-hybridized carbons (Fsp3) is 0.222. The summed E-state index contributed by atoms with van der Waals surface area (Å²) < 4.78 is 5.33. The Kier molecular flexibility index (Phi) is 6.69. The molecule has 2 aromatic carbocycles. The number of carbonyl (C=O) groups is 2. The quantitative estimate of drug-likeness (QED) is 0.624. The van der Waals surface area contributed by atoms with E-state index in [1.807, 2.05) is 50.2 Å². The first kappa shape index (κ1) is 17.9. The van der Waals surface area contributed by atoms with Gasteiger partial charge in [0, 0.05) is 4.90 Å². The van der Waals surface area contributed by atoms with Crippen LogP contribution in [0.1, 0.15) is 11.1 Å². The average Bonchev–Trinajstić information content (AvgIpc) is 2.59. The maximum atomic E-state index is 11.7. The van der Waals surface area contributed by atoms with Crippen LogP contribution in [0.25, 0.3) is 0 Å². The number of carbonyl (C=O) groups excluding carboxylic acids is 2. The Labute approximate surface area is 145 Å². The number of amides is 2. The molecule has 5 nitrogen and oxygen atoms in total. The van der Waals surface area contributed by atoms with Crippen molar-refractivity contribution >= 4 is 23.6 Å². The van der Waals surface area contributed by atoms with E-state index in [1.54, 1.807) is 12.1 Å². The molecule has 0 saturated heterocycles. The maximum Gasteiger partial charge on any atom is 0.276 e. The second kappa shape index (κ2) is 8.98. The van der Waals surface area contributed by atoms with E-state index in [4.69, 9.17) is 4.74 Å². The molecule has 0 bridgehead atoms. The van der Waals surface area contributed by atoms with E-state index >= 15 is 0 Å². The molecule has 0 atom stereocenters. The summed E-state index contributed by atoms with van der Waals surface area (Å²) in [6.45, 7) is 3.82. The lowest BCUT2D eigenvalue weighted by Crippen LogP contribution is -2.44. The number of hydrazine groups is 1. The van der Waals surface area contributed by atoms with Gasteiger partial charge < -0.3 is 4.74 Å². The molecule has 2 amide bonds. The summed E-state index contributed by atoms with van der Waals surface area (Å²) in [7, 11) is 0. The third kappa shape index (κ3) is 6.34. The van der Waals surface area contributed by atoms with Crippen LogP contribution in [0.4, 0.5) is 0 Å². The number of nitrogens with one attached hydrogen (secondary N) is 2. The lowest BCUT2D eigenvalue weighted by atomic mass is 10.2. The van der Waals surface area contributed by atoms with Crippen molar-refractivity contribution in [3.63, 3.8) is 0 Å². The Bertz CT molecular complexity index is 623. The minimum Gasteiger partial charge on any atom is -0.484 e. The lowest BCUT2D eigenvalue weighted by Gasteiger charge is -2.09. The number of rotatable bonds is 6. The van der Waals surface area contributed by atoms with Crippen molar-refractivity contribution in [2.24, 2.45) is 0 Å². The summed E-state index contributed by atoms with van der Waals surface area (Å²) in [6.07, 6.45) is 0. The molecule has 2 N–H and O–H groups in total. The minimum atomic E-state index is -0.413. The highest BCUT2D eigenvalue weighted by atomic mass is 32.2. The predicted molar refractivity (Wildman–Crippen MR) is 94.9 cm³/mol. The molecule has 0 radical (unpaired) electrons. The third-order valence-electron chi connectivity index (χ3n) is 3.12. The van der Waals surface area contributed by atoms with Crippen molar-refractivity contribution < 1.29 is 14.3 Å². The molecule has 0 aliphatic carbocycles. The van der Waals surface area contributed by atoms with E-state index in [1.165, 1.54) is 17.3 Å². The summed E-state index contributed by atoms with van der Waals surface area (Å²) in [5, 5.41) is 0. The second-order valence-corrected chi connectivity index (χ2v) is 6.35. The Morgan fingerprint density at radius 2 is 1.42 bits per heavy atom. The van der Waals surface area contributed by atoms with Gasteiger partial charge in [0.25, 0.3) is 5.91 Å². The van der Waals surface area contributed by atoms with E-state index in [9.17, 15) is 9.59 Å². The van der Waals surface area contributed by atoms with E-state index < -0.39 is 5.91 Å². The Hall–Kier alpha value is -2.47. The number of ether oxygens (including phenoxy) is 1. The number of hydrogen-bond acceptors (Lipinski definition) is 4. The molecule has 0 unspecified atom stereocenters. The summed E-state index contributed by atoms with van der Waals surface area (Å²) in [5.74, 6) is 0.146. The van der Waals surface area contributed by atoms with Gasteiger partial charge >= 0.3 is 0 Å². The molecule has 0 heterocycles. The molecule has 0 aromatic heterocycles. The van der Waals surface area contributed by atoms with Crippen LogP contribution in [0.3, 0.4) is 0 Å². The zero-order valence-corrected chi connectivity index (χ0v) is 14.5. The first-order valence-corrected chi connectivity index (χ1v) is 8.48. The van der Waals surface area contributed by atoms with Crippen molar-refractivity contribution in [2.75, 3.05) is 12.4 Å². The number of hydrogen-bond donors (Lipinski definition) is 2. The van der Waals surface area contributed by atoms with Gasteiger partial charge in [-0.2, -0.15) is 0 Å². The van der Waals surface area contributed by atoms with Gasteiger partial charge in [-0.3, -0.25) is 20.4 Å². The van der Waals surface area contributed by atoms with Gasteiger partial charge in [0.15, 0.2) is 6.61 Å². The van der Waals surface area contributed by atoms with Crippen molar-refractivity contribution in [1.82, 2.24) is 10.9 Å². The van der Waals surface area contributed by atoms with Gasteiger partial charge in [-0.15, -0.1) is 11.8 Å². The lowest BCUT2D eigenvalue weighted by molar-refractivity contribution is -0.128. The zero-order chi connectivity index (χ0) is 17.4. The molecule has 24 heavy (non-hydrogen) atoms. The molecular formula is C18H20N2O3S. The molecule has 0 spiro atoms. The van der Waals surface area contributed by atoms with Gasteiger partial charge in [-0.05, 0) is 38.1 Å². The molecule has 0 aliphatic rings. The Morgan fingerprint density at radius 1 is 0.875 bits per heavy atom. The highest BCUT2D eigenvalue weighted by Crippen LogP contribution is 2.17. The summed E-state index contributed by atoms with van der Waals surface area (Å²) >= 11 is 1.41. The van der Waals surface area contributed by atoms with E-state index in [0.717, 1.165) is 10.5 Å². The molecule has 0 saturated carbocycles. The monoisotopic (exact) mass is 344 g/mol. The molecule has 0 aliphatic heterocycles. The molecule has 126 valence electrons. The summed E-state index contributed by atoms with van der Waals surface area (Å²) in [5.41, 5.74) is 6.99. The number of thioether (sulfide) groups is 1.